The summed E-state index contributed by atoms with van der Waals surface area (Å²) < 4.78 is 44.1. The van der Waals surface area contributed by atoms with Crippen LogP contribution >= 0.6 is 0 Å². The van der Waals surface area contributed by atoms with Gasteiger partial charge >= 0.3 is 0 Å². The van der Waals surface area contributed by atoms with Gasteiger partial charge in [-0.15, -0.1) is 0 Å². The predicted octanol–water partition coefficient (Wildman–Crippen LogP) is 0.937. The van der Waals surface area contributed by atoms with Gasteiger partial charge in [0.15, 0.2) is 23.1 Å². The first kappa shape index (κ1) is 25.8. The molecule has 4 rings (SSSR count). The van der Waals surface area contributed by atoms with E-state index in [1.54, 1.807) is 20.0 Å². The number of likely N-dealkylation sites (tertiary alicyclic amines) is 1. The number of imidazole rings is 1. The van der Waals surface area contributed by atoms with E-state index in [0.29, 0.717) is 60.8 Å². The topological polar surface area (TPSA) is 183 Å². The number of aliphatic hydroxyl groups is 1. The molecule has 0 saturated carbocycles. The van der Waals surface area contributed by atoms with Crippen LogP contribution in [0.1, 0.15) is 39.3 Å². The molecule has 0 radical (unpaired) electrons. The van der Waals surface area contributed by atoms with Crippen molar-refractivity contribution in [2.75, 3.05) is 31.1 Å². The third kappa shape index (κ3) is 5.93. The highest BCUT2D eigenvalue weighted by atomic mass is 32.2. The van der Waals surface area contributed by atoms with Crippen molar-refractivity contribution in [1.29, 1.82) is 0 Å². The van der Waals surface area contributed by atoms with E-state index in [2.05, 4.69) is 27.1 Å². The van der Waals surface area contributed by atoms with Crippen molar-refractivity contribution in [3.63, 3.8) is 0 Å². The van der Waals surface area contributed by atoms with Gasteiger partial charge in [0.1, 0.15) is 28.4 Å². The van der Waals surface area contributed by atoms with Gasteiger partial charge in [-0.05, 0) is 49.8 Å². The second-order valence-corrected chi connectivity index (χ2v) is 10.7. The minimum atomic E-state index is -4.00. The molecule has 36 heavy (non-hydrogen) atoms. The van der Waals surface area contributed by atoms with Crippen LogP contribution in [0.25, 0.3) is 22.6 Å². The number of aryl methyl sites for hydroxylation is 1. The van der Waals surface area contributed by atoms with E-state index in [-0.39, 0.29) is 29.9 Å². The molecule has 3 aromatic rings. The maximum absolute atomic E-state index is 11.0. The van der Waals surface area contributed by atoms with E-state index in [1.807, 2.05) is 16.4 Å². The SMILES string of the molecule is CCn1c(-c2nonc2N)nc2c(C#CC(C)(C)O)ncc(OC3CCN(CCS(=O)(=O)O)CC3)c21. The number of rotatable bonds is 7. The lowest BCUT2D eigenvalue weighted by Crippen LogP contribution is -2.40. The fraction of sp³-hybridized carbons (Fsp3) is 0.545. The van der Waals surface area contributed by atoms with E-state index in [0.717, 1.165) is 0 Å². The Bertz CT molecular complexity index is 1410. The molecular weight excluding hydrogens is 490 g/mol. The molecule has 0 amide bonds. The quantitative estimate of drug-likeness (QED) is 0.297. The lowest BCUT2D eigenvalue weighted by atomic mass is 10.1. The average molecular weight is 520 g/mol. The highest BCUT2D eigenvalue weighted by Crippen LogP contribution is 2.34. The summed E-state index contributed by atoms with van der Waals surface area (Å²) in [6.45, 7) is 7.13. The molecule has 0 bridgehead atoms. The van der Waals surface area contributed by atoms with Crippen molar-refractivity contribution in [3.8, 4) is 29.1 Å². The van der Waals surface area contributed by atoms with Crippen molar-refractivity contribution in [2.45, 2.75) is 51.9 Å². The van der Waals surface area contributed by atoms with Gasteiger partial charge in [-0.1, -0.05) is 5.92 Å². The molecule has 14 heteroatoms. The van der Waals surface area contributed by atoms with E-state index >= 15 is 0 Å². The van der Waals surface area contributed by atoms with Gasteiger partial charge in [-0.25, -0.2) is 14.6 Å². The minimum Gasteiger partial charge on any atom is -0.486 e. The molecule has 3 aromatic heterocycles. The molecule has 13 nitrogen and oxygen atoms in total. The van der Waals surface area contributed by atoms with Crippen molar-refractivity contribution in [2.24, 2.45) is 0 Å². The molecule has 1 saturated heterocycles. The van der Waals surface area contributed by atoms with Crippen molar-refractivity contribution < 1.29 is 27.4 Å². The number of nitrogen functional groups attached to an aromatic ring is 1. The number of pyridine rings is 1. The maximum Gasteiger partial charge on any atom is 0.266 e. The zero-order chi connectivity index (χ0) is 26.1. The van der Waals surface area contributed by atoms with Gasteiger partial charge in [-0.2, -0.15) is 8.42 Å². The summed E-state index contributed by atoms with van der Waals surface area (Å²) in [6.07, 6.45) is 2.79. The van der Waals surface area contributed by atoms with Gasteiger partial charge in [0.25, 0.3) is 10.1 Å². The minimum absolute atomic E-state index is 0.0943. The molecule has 0 atom stereocenters. The van der Waals surface area contributed by atoms with Gasteiger partial charge < -0.3 is 25.0 Å². The Labute approximate surface area is 208 Å². The second kappa shape index (κ2) is 10.0. The largest absolute Gasteiger partial charge is 0.486 e. The summed E-state index contributed by atoms with van der Waals surface area (Å²) in [4.78, 5) is 11.1. The van der Waals surface area contributed by atoms with Crippen LogP contribution in [0, 0.1) is 11.8 Å². The molecule has 0 spiro atoms. The summed E-state index contributed by atoms with van der Waals surface area (Å²) in [5.41, 5.74) is 6.49. The van der Waals surface area contributed by atoms with Crippen molar-refractivity contribution >= 4 is 27.0 Å². The summed E-state index contributed by atoms with van der Waals surface area (Å²) in [5.74, 6) is 6.40. The van der Waals surface area contributed by atoms with E-state index in [1.165, 1.54) is 0 Å². The average Bonchev–Trinajstić information content (AvgIpc) is 3.40. The number of hydrogen-bond donors (Lipinski definition) is 3. The third-order valence-electron chi connectivity index (χ3n) is 5.76. The fourth-order valence-corrected chi connectivity index (χ4v) is 4.51. The first-order chi connectivity index (χ1) is 16.9. The Morgan fingerprint density at radius 3 is 2.61 bits per heavy atom. The molecule has 1 aliphatic rings. The predicted molar refractivity (Wildman–Crippen MR) is 131 cm³/mol. The molecule has 0 aliphatic carbocycles. The summed E-state index contributed by atoms with van der Waals surface area (Å²) >= 11 is 0. The van der Waals surface area contributed by atoms with Gasteiger partial charge in [0, 0.05) is 26.2 Å². The lowest BCUT2D eigenvalue weighted by molar-refractivity contribution is 0.104. The fourth-order valence-electron chi connectivity index (χ4n) is 4.02. The Morgan fingerprint density at radius 2 is 2.03 bits per heavy atom. The Balaban J connectivity index is 1.68. The number of hydrogen-bond acceptors (Lipinski definition) is 11. The number of piperidine rings is 1. The van der Waals surface area contributed by atoms with Crippen LogP contribution in [0.4, 0.5) is 5.82 Å². The number of ether oxygens (including phenoxy) is 1. The van der Waals surface area contributed by atoms with E-state index in [9.17, 15) is 13.5 Å². The van der Waals surface area contributed by atoms with E-state index < -0.39 is 15.7 Å². The van der Waals surface area contributed by atoms with Crippen LogP contribution in [0.2, 0.25) is 0 Å². The van der Waals surface area contributed by atoms with Crippen LogP contribution in [0.5, 0.6) is 5.75 Å². The summed E-state index contributed by atoms with van der Waals surface area (Å²) in [6, 6.07) is 0. The lowest BCUT2D eigenvalue weighted by Gasteiger charge is -2.31. The molecule has 0 unspecified atom stereocenters. The zero-order valence-corrected chi connectivity index (χ0v) is 21.1. The molecule has 4 heterocycles. The first-order valence-electron chi connectivity index (χ1n) is 11.5. The monoisotopic (exact) mass is 519 g/mol. The molecular formula is C22H29N7O6S. The molecule has 0 aromatic carbocycles. The number of aromatic nitrogens is 5. The molecule has 1 aliphatic heterocycles. The van der Waals surface area contributed by atoms with Crippen molar-refractivity contribution in [3.05, 3.63) is 11.9 Å². The number of anilines is 1. The van der Waals surface area contributed by atoms with Gasteiger partial charge in [0.05, 0.1) is 11.9 Å². The number of nitrogens with two attached hydrogens (primary N) is 1. The third-order valence-corrected chi connectivity index (χ3v) is 6.46. The maximum atomic E-state index is 11.0. The van der Waals surface area contributed by atoms with Gasteiger partial charge in [-0.3, -0.25) is 4.55 Å². The van der Waals surface area contributed by atoms with Crippen LogP contribution in [0.3, 0.4) is 0 Å². The number of nitrogens with zero attached hydrogens (tertiary/aromatic N) is 6. The summed E-state index contributed by atoms with van der Waals surface area (Å²) in [5, 5.41) is 17.6. The van der Waals surface area contributed by atoms with Crippen molar-refractivity contribution in [1.82, 2.24) is 29.7 Å². The smallest absolute Gasteiger partial charge is 0.266 e. The zero-order valence-electron chi connectivity index (χ0n) is 20.3. The van der Waals surface area contributed by atoms with Crippen LogP contribution in [-0.2, 0) is 16.7 Å². The molecule has 4 N–H and O–H groups in total. The Hall–Kier alpha value is -3.25. The molecule has 194 valence electrons. The standard InChI is InChI=1S/C22H29N7O6S/c1-4-29-19-16(34-14-6-9-28(10-7-14)11-12-36(31,32)33)13-24-15(5-8-22(2,3)30)17(19)25-21(29)18-20(23)27-35-26-18/h13-14,30H,4,6-7,9-12H2,1-3H3,(H2,23,27)(H,31,32,33). The highest BCUT2D eigenvalue weighted by Gasteiger charge is 2.26. The first-order valence-corrected chi connectivity index (χ1v) is 13.1. The highest BCUT2D eigenvalue weighted by molar-refractivity contribution is 7.85. The number of fused-ring (bicyclic) bond motifs is 1. The Kier molecular flexibility index (Phi) is 7.19. The van der Waals surface area contributed by atoms with Crippen LogP contribution in [-0.4, -0.2) is 84.9 Å². The Morgan fingerprint density at radius 1 is 1.31 bits per heavy atom. The second-order valence-electron chi connectivity index (χ2n) is 9.10. The van der Waals surface area contributed by atoms with E-state index in [4.69, 9.17) is 24.6 Å². The normalized spacial score (nSPS) is 15.7. The van der Waals surface area contributed by atoms with Crippen LogP contribution in [0.15, 0.2) is 10.8 Å². The van der Waals surface area contributed by atoms with Gasteiger partial charge in [0.2, 0.25) is 0 Å². The molecule has 1 fully saturated rings. The summed E-state index contributed by atoms with van der Waals surface area (Å²) in [7, 11) is -4.00. The van der Waals surface area contributed by atoms with Crippen LogP contribution < -0.4 is 10.5 Å².